The molecule has 0 radical (unpaired) electrons. The van der Waals surface area contributed by atoms with Crippen LogP contribution < -0.4 is 16.0 Å². The Bertz CT molecular complexity index is 554. The van der Waals surface area contributed by atoms with Crippen LogP contribution in [-0.2, 0) is 9.53 Å². The number of nitrogens with zero attached hydrogens (tertiary/aromatic N) is 2. The van der Waals surface area contributed by atoms with Crippen molar-refractivity contribution in [3.8, 4) is 0 Å². The van der Waals surface area contributed by atoms with Crippen molar-refractivity contribution >= 4 is 11.6 Å². The predicted octanol–water partition coefficient (Wildman–Crippen LogP) is 1.07. The highest BCUT2D eigenvalue weighted by molar-refractivity contribution is 5.81. The van der Waals surface area contributed by atoms with Gasteiger partial charge in [0.15, 0.2) is 0 Å². The second kappa shape index (κ2) is 9.35. The van der Waals surface area contributed by atoms with E-state index in [4.69, 9.17) is 10.5 Å². The van der Waals surface area contributed by atoms with Gasteiger partial charge >= 0.3 is 0 Å². The van der Waals surface area contributed by atoms with Crippen molar-refractivity contribution in [2.24, 2.45) is 11.7 Å². The molecule has 1 aromatic rings. The van der Waals surface area contributed by atoms with Crippen molar-refractivity contribution in [3.05, 3.63) is 30.3 Å². The maximum atomic E-state index is 12.4. The molecule has 2 aliphatic rings. The van der Waals surface area contributed by atoms with Crippen LogP contribution in [-0.4, -0.2) is 68.8 Å². The molecule has 2 unspecified atom stereocenters. The number of para-hydroxylation sites is 1. The monoisotopic (exact) mass is 360 g/mol. The maximum Gasteiger partial charge on any atom is 0.237 e. The Morgan fingerprint density at radius 1 is 1.19 bits per heavy atom. The van der Waals surface area contributed by atoms with E-state index in [0.29, 0.717) is 25.8 Å². The summed E-state index contributed by atoms with van der Waals surface area (Å²) >= 11 is 0. The molecule has 0 spiro atoms. The fraction of sp³-hybridized carbons (Fsp3) is 0.650. The topological polar surface area (TPSA) is 70.8 Å². The van der Waals surface area contributed by atoms with E-state index in [-0.39, 0.29) is 11.8 Å². The third-order valence-corrected chi connectivity index (χ3v) is 5.71. The van der Waals surface area contributed by atoms with Gasteiger partial charge in [-0.3, -0.25) is 9.69 Å². The number of carbonyl (C=O) groups is 1. The van der Waals surface area contributed by atoms with E-state index < -0.39 is 6.04 Å². The molecule has 2 fully saturated rings. The summed E-state index contributed by atoms with van der Waals surface area (Å²) in [6.45, 7) is 8.32. The molecule has 144 valence electrons. The highest BCUT2D eigenvalue weighted by Gasteiger charge is 2.27. The van der Waals surface area contributed by atoms with Crippen LogP contribution in [0.1, 0.15) is 19.8 Å². The van der Waals surface area contributed by atoms with Gasteiger partial charge in [-0.2, -0.15) is 0 Å². The first-order valence-corrected chi connectivity index (χ1v) is 9.80. The molecule has 0 bridgehead atoms. The van der Waals surface area contributed by atoms with E-state index in [0.717, 1.165) is 39.0 Å². The fourth-order valence-corrected chi connectivity index (χ4v) is 3.84. The highest BCUT2D eigenvalue weighted by Crippen LogP contribution is 2.18. The lowest BCUT2D eigenvalue weighted by atomic mass is 9.92. The molecule has 2 heterocycles. The van der Waals surface area contributed by atoms with Gasteiger partial charge in [-0.15, -0.1) is 0 Å². The Morgan fingerprint density at radius 3 is 2.50 bits per heavy atom. The Balaban J connectivity index is 1.40. The van der Waals surface area contributed by atoms with Crippen molar-refractivity contribution in [1.82, 2.24) is 10.2 Å². The average Bonchev–Trinajstić information content (AvgIpc) is 2.72. The molecular formula is C20H32N4O2. The minimum Gasteiger partial charge on any atom is -0.381 e. The van der Waals surface area contributed by atoms with E-state index >= 15 is 0 Å². The zero-order chi connectivity index (χ0) is 18.4. The van der Waals surface area contributed by atoms with Crippen LogP contribution in [0.15, 0.2) is 30.3 Å². The Morgan fingerprint density at radius 2 is 1.85 bits per heavy atom. The van der Waals surface area contributed by atoms with Gasteiger partial charge in [0.2, 0.25) is 5.91 Å². The van der Waals surface area contributed by atoms with Gasteiger partial charge < -0.3 is 20.7 Å². The van der Waals surface area contributed by atoms with Crippen LogP contribution in [0.3, 0.4) is 0 Å². The summed E-state index contributed by atoms with van der Waals surface area (Å²) in [4.78, 5) is 17.2. The number of rotatable bonds is 6. The summed E-state index contributed by atoms with van der Waals surface area (Å²) in [6.07, 6.45) is 1.76. The quantitative estimate of drug-likeness (QED) is 0.794. The molecule has 2 atom stereocenters. The van der Waals surface area contributed by atoms with Crippen LogP contribution in [0.4, 0.5) is 5.69 Å². The number of benzene rings is 1. The number of ether oxygens (including phenoxy) is 1. The molecule has 6 nitrogen and oxygen atoms in total. The number of anilines is 1. The Labute approximate surface area is 156 Å². The first-order chi connectivity index (χ1) is 12.6. The zero-order valence-corrected chi connectivity index (χ0v) is 15.8. The molecule has 2 saturated heterocycles. The van der Waals surface area contributed by atoms with Crippen LogP contribution in [0, 0.1) is 5.92 Å². The smallest absolute Gasteiger partial charge is 0.237 e. The second-order valence-corrected chi connectivity index (χ2v) is 7.43. The van der Waals surface area contributed by atoms with Crippen LogP contribution in [0.2, 0.25) is 0 Å². The van der Waals surface area contributed by atoms with Gasteiger partial charge in [-0.05, 0) is 37.8 Å². The summed E-state index contributed by atoms with van der Waals surface area (Å²) < 4.78 is 5.35. The number of nitrogens with two attached hydrogens (primary N) is 1. The Hall–Kier alpha value is -1.63. The number of nitrogens with one attached hydrogen (secondary N) is 1. The van der Waals surface area contributed by atoms with E-state index in [1.54, 1.807) is 0 Å². The summed E-state index contributed by atoms with van der Waals surface area (Å²) in [5.74, 6) is 0.222. The van der Waals surface area contributed by atoms with Crippen molar-refractivity contribution < 1.29 is 9.53 Å². The van der Waals surface area contributed by atoms with Crippen LogP contribution in [0.5, 0.6) is 0 Å². The molecule has 1 aromatic carbocycles. The summed E-state index contributed by atoms with van der Waals surface area (Å²) in [6, 6.07) is 10.5. The van der Waals surface area contributed by atoms with E-state index in [1.807, 2.05) is 0 Å². The SMILES string of the molecule is CC(CNC(=O)C(N)C1CCOCC1)N1CCN(c2ccccc2)CC1. The molecule has 0 saturated carbocycles. The number of piperazine rings is 1. The van der Waals surface area contributed by atoms with E-state index in [2.05, 4.69) is 52.4 Å². The summed E-state index contributed by atoms with van der Waals surface area (Å²) in [5.41, 5.74) is 7.44. The van der Waals surface area contributed by atoms with Gasteiger partial charge in [0.1, 0.15) is 0 Å². The van der Waals surface area contributed by atoms with E-state index in [9.17, 15) is 4.79 Å². The largest absolute Gasteiger partial charge is 0.381 e. The fourth-order valence-electron chi connectivity index (χ4n) is 3.84. The summed E-state index contributed by atoms with van der Waals surface area (Å²) in [5, 5.41) is 3.06. The maximum absolute atomic E-state index is 12.4. The van der Waals surface area contributed by atoms with Crippen LogP contribution >= 0.6 is 0 Å². The van der Waals surface area contributed by atoms with Gasteiger partial charge in [0.25, 0.3) is 0 Å². The van der Waals surface area contributed by atoms with Gasteiger partial charge in [-0.1, -0.05) is 18.2 Å². The average molecular weight is 361 g/mol. The normalized spacial score (nSPS) is 22.0. The van der Waals surface area contributed by atoms with Gasteiger partial charge in [0.05, 0.1) is 6.04 Å². The van der Waals surface area contributed by atoms with E-state index in [1.165, 1.54) is 5.69 Å². The van der Waals surface area contributed by atoms with Gasteiger partial charge in [0, 0.05) is 57.7 Å². The molecule has 0 aliphatic carbocycles. The van der Waals surface area contributed by atoms with Crippen LogP contribution in [0.25, 0.3) is 0 Å². The number of amides is 1. The summed E-state index contributed by atoms with van der Waals surface area (Å²) in [7, 11) is 0. The molecule has 26 heavy (non-hydrogen) atoms. The molecule has 2 aliphatic heterocycles. The molecule has 3 N–H and O–H groups in total. The predicted molar refractivity (Wildman–Crippen MR) is 104 cm³/mol. The lowest BCUT2D eigenvalue weighted by Crippen LogP contribution is -2.54. The number of hydrogen-bond donors (Lipinski definition) is 2. The molecule has 3 rings (SSSR count). The third kappa shape index (κ3) is 4.96. The minimum atomic E-state index is -0.416. The van der Waals surface area contributed by atoms with Crippen molar-refractivity contribution in [2.75, 3.05) is 50.8 Å². The Kier molecular flexibility index (Phi) is 6.88. The third-order valence-electron chi connectivity index (χ3n) is 5.71. The minimum absolute atomic E-state index is 0.0216. The first kappa shape index (κ1) is 19.1. The molecular weight excluding hydrogens is 328 g/mol. The number of hydrogen-bond acceptors (Lipinski definition) is 5. The van der Waals surface area contributed by atoms with Crippen molar-refractivity contribution in [3.63, 3.8) is 0 Å². The number of carbonyl (C=O) groups excluding carboxylic acids is 1. The molecule has 0 aromatic heterocycles. The first-order valence-electron chi connectivity index (χ1n) is 9.80. The lowest BCUT2D eigenvalue weighted by Gasteiger charge is -2.39. The highest BCUT2D eigenvalue weighted by atomic mass is 16.5. The zero-order valence-electron chi connectivity index (χ0n) is 15.8. The lowest BCUT2D eigenvalue weighted by molar-refractivity contribution is -0.124. The van der Waals surface area contributed by atoms with Crippen molar-refractivity contribution in [2.45, 2.75) is 31.8 Å². The van der Waals surface area contributed by atoms with Gasteiger partial charge in [-0.25, -0.2) is 0 Å². The molecule has 1 amide bonds. The molecule has 6 heteroatoms. The second-order valence-electron chi connectivity index (χ2n) is 7.43. The standard InChI is InChI=1S/C20H32N4O2/c1-16(15-22-20(25)19(21)17-7-13-26-14-8-17)23-9-11-24(12-10-23)18-5-3-2-4-6-18/h2-6,16-17,19H,7-15,21H2,1H3,(H,22,25). The van der Waals surface area contributed by atoms with Crippen molar-refractivity contribution in [1.29, 1.82) is 0 Å².